The number of anilines is 2. The number of aromatic nitrogens is 1. The van der Waals surface area contributed by atoms with Crippen molar-refractivity contribution < 1.29 is 18.8 Å². The summed E-state index contributed by atoms with van der Waals surface area (Å²) < 4.78 is 18.0. The minimum Gasteiger partial charge on any atom is -0.383 e. The van der Waals surface area contributed by atoms with Crippen molar-refractivity contribution in [1.82, 2.24) is 4.98 Å². The second kappa shape index (κ2) is 9.22. The van der Waals surface area contributed by atoms with Crippen LogP contribution < -0.4 is 10.6 Å². The summed E-state index contributed by atoms with van der Waals surface area (Å²) in [5.74, 6) is -0.884. The van der Waals surface area contributed by atoms with Crippen LogP contribution in [0.5, 0.6) is 0 Å². The lowest BCUT2D eigenvalue weighted by Crippen LogP contribution is -2.16. The normalized spacial score (nSPS) is 10.6. The predicted molar refractivity (Wildman–Crippen MR) is 109 cm³/mol. The average molecular weight is 416 g/mol. The third kappa shape index (κ3) is 5.12. The van der Waals surface area contributed by atoms with Crippen LogP contribution in [0.1, 0.15) is 10.4 Å². The number of thiazole rings is 1. The smallest absolute Gasteiger partial charge is 0.270 e. The van der Waals surface area contributed by atoms with Crippen molar-refractivity contribution in [2.45, 2.75) is 0 Å². The Bertz CT molecular complexity index is 1020. The zero-order valence-electron chi connectivity index (χ0n) is 15.3. The Kier molecular flexibility index (Phi) is 6.47. The Balaban J connectivity index is 1.81. The van der Waals surface area contributed by atoms with Gasteiger partial charge >= 0.3 is 0 Å². The van der Waals surface area contributed by atoms with E-state index >= 15 is 0 Å². The first-order chi connectivity index (χ1) is 14.0. The SMILES string of the molecule is COCCNc1ccc([N+](=O)[O-])cc1C(=O)Nc1nc(-c2ccc(F)cc2)cs1. The molecule has 0 bridgehead atoms. The summed E-state index contributed by atoms with van der Waals surface area (Å²) in [5, 5.41) is 18.8. The Morgan fingerprint density at radius 3 is 2.72 bits per heavy atom. The highest BCUT2D eigenvalue weighted by Gasteiger charge is 2.18. The number of nitrogens with zero attached hydrogens (tertiary/aromatic N) is 2. The Hall–Kier alpha value is -3.37. The van der Waals surface area contributed by atoms with Gasteiger partial charge in [0.05, 0.1) is 22.8 Å². The average Bonchev–Trinajstić information content (AvgIpc) is 3.17. The maximum Gasteiger partial charge on any atom is 0.270 e. The van der Waals surface area contributed by atoms with Crippen LogP contribution in [0.2, 0.25) is 0 Å². The fourth-order valence-electron chi connectivity index (χ4n) is 2.52. The van der Waals surface area contributed by atoms with Crippen LogP contribution in [0.3, 0.4) is 0 Å². The lowest BCUT2D eigenvalue weighted by Gasteiger charge is -2.11. The quantitative estimate of drug-likeness (QED) is 0.324. The van der Waals surface area contributed by atoms with E-state index in [-0.39, 0.29) is 17.1 Å². The molecule has 10 heteroatoms. The molecule has 8 nitrogen and oxygen atoms in total. The number of halogens is 1. The van der Waals surface area contributed by atoms with E-state index in [0.717, 1.165) is 0 Å². The molecule has 0 saturated heterocycles. The summed E-state index contributed by atoms with van der Waals surface area (Å²) in [4.78, 5) is 27.6. The van der Waals surface area contributed by atoms with E-state index in [1.54, 1.807) is 24.6 Å². The molecule has 0 atom stereocenters. The number of methoxy groups -OCH3 is 1. The van der Waals surface area contributed by atoms with Gasteiger partial charge in [-0.2, -0.15) is 0 Å². The Labute approximate surface area is 169 Å². The number of hydrogen-bond donors (Lipinski definition) is 2. The minimum absolute atomic E-state index is 0.119. The van der Waals surface area contributed by atoms with Crippen molar-refractivity contribution >= 4 is 33.8 Å². The molecule has 3 rings (SSSR count). The van der Waals surface area contributed by atoms with Crippen molar-refractivity contribution in [3.63, 3.8) is 0 Å². The number of carbonyl (C=O) groups is 1. The molecule has 0 saturated carbocycles. The highest BCUT2D eigenvalue weighted by molar-refractivity contribution is 7.14. The van der Waals surface area contributed by atoms with Crippen LogP contribution in [-0.4, -0.2) is 36.1 Å². The maximum absolute atomic E-state index is 13.1. The highest BCUT2D eigenvalue weighted by Crippen LogP contribution is 2.27. The van der Waals surface area contributed by atoms with E-state index in [2.05, 4.69) is 15.6 Å². The van der Waals surface area contributed by atoms with Gasteiger partial charge in [-0.25, -0.2) is 9.37 Å². The number of amides is 1. The van der Waals surface area contributed by atoms with E-state index in [1.165, 1.54) is 41.7 Å². The summed E-state index contributed by atoms with van der Waals surface area (Å²) in [6, 6.07) is 9.85. The molecule has 1 heterocycles. The lowest BCUT2D eigenvalue weighted by atomic mass is 10.1. The molecule has 29 heavy (non-hydrogen) atoms. The topological polar surface area (TPSA) is 106 Å². The fourth-order valence-corrected chi connectivity index (χ4v) is 3.24. The molecule has 0 unspecified atom stereocenters. The molecule has 0 aliphatic carbocycles. The number of ether oxygens (including phenoxy) is 1. The summed E-state index contributed by atoms with van der Waals surface area (Å²) in [6.45, 7) is 0.839. The first-order valence-electron chi connectivity index (χ1n) is 8.52. The molecule has 150 valence electrons. The molecule has 3 aromatic rings. The van der Waals surface area contributed by atoms with Crippen LogP contribution >= 0.6 is 11.3 Å². The van der Waals surface area contributed by atoms with E-state index < -0.39 is 10.8 Å². The number of non-ortho nitro benzene ring substituents is 1. The van der Waals surface area contributed by atoms with Gasteiger partial charge in [-0.3, -0.25) is 20.2 Å². The zero-order chi connectivity index (χ0) is 20.8. The Morgan fingerprint density at radius 1 is 1.28 bits per heavy atom. The standard InChI is InChI=1S/C19H17FN4O4S/c1-28-9-8-21-16-7-6-14(24(26)27)10-15(16)18(25)23-19-22-17(11-29-19)12-2-4-13(20)5-3-12/h2-7,10-11,21H,8-9H2,1H3,(H,22,23,25). The van der Waals surface area contributed by atoms with E-state index in [4.69, 9.17) is 4.74 Å². The molecule has 1 aromatic heterocycles. The third-order valence-corrected chi connectivity index (χ3v) is 4.70. The van der Waals surface area contributed by atoms with Gasteiger partial charge in [0.2, 0.25) is 0 Å². The maximum atomic E-state index is 13.1. The van der Waals surface area contributed by atoms with E-state index in [0.29, 0.717) is 35.2 Å². The number of benzene rings is 2. The van der Waals surface area contributed by atoms with Gasteiger partial charge < -0.3 is 10.1 Å². The van der Waals surface area contributed by atoms with Crippen molar-refractivity contribution in [3.05, 3.63) is 69.3 Å². The number of nitrogens with one attached hydrogen (secondary N) is 2. The van der Waals surface area contributed by atoms with Crippen molar-refractivity contribution in [3.8, 4) is 11.3 Å². The molecular formula is C19H17FN4O4S. The van der Waals surface area contributed by atoms with Gasteiger partial charge in [0, 0.05) is 42.4 Å². The number of nitro groups is 1. The van der Waals surface area contributed by atoms with E-state index in [9.17, 15) is 19.3 Å². The van der Waals surface area contributed by atoms with Crippen molar-refractivity contribution in [2.24, 2.45) is 0 Å². The van der Waals surface area contributed by atoms with Crippen molar-refractivity contribution in [2.75, 3.05) is 30.9 Å². The molecule has 0 aliphatic rings. The summed E-state index contributed by atoms with van der Waals surface area (Å²) in [6.07, 6.45) is 0. The van der Waals surface area contributed by atoms with E-state index in [1.807, 2.05) is 0 Å². The number of carbonyl (C=O) groups excluding carboxylic acids is 1. The molecular weight excluding hydrogens is 399 g/mol. The second-order valence-corrected chi connectivity index (χ2v) is 6.76. The monoisotopic (exact) mass is 416 g/mol. The zero-order valence-corrected chi connectivity index (χ0v) is 16.2. The first kappa shape index (κ1) is 20.4. The summed E-state index contributed by atoms with van der Waals surface area (Å²) in [7, 11) is 1.55. The number of nitro benzene ring substituents is 1. The third-order valence-electron chi connectivity index (χ3n) is 3.94. The molecule has 0 aliphatic heterocycles. The van der Waals surface area contributed by atoms with Gasteiger partial charge in [-0.15, -0.1) is 11.3 Å². The van der Waals surface area contributed by atoms with Gasteiger partial charge in [0.15, 0.2) is 5.13 Å². The fraction of sp³-hybridized carbons (Fsp3) is 0.158. The van der Waals surface area contributed by atoms with Gasteiger partial charge in [0.1, 0.15) is 5.82 Å². The number of hydrogen-bond acceptors (Lipinski definition) is 7. The molecule has 1 amide bonds. The van der Waals surface area contributed by atoms with Crippen LogP contribution in [0.4, 0.5) is 20.9 Å². The van der Waals surface area contributed by atoms with Crippen LogP contribution in [-0.2, 0) is 4.74 Å². The summed E-state index contributed by atoms with van der Waals surface area (Å²) in [5.41, 5.74) is 1.66. The largest absolute Gasteiger partial charge is 0.383 e. The van der Waals surface area contributed by atoms with Crippen molar-refractivity contribution in [1.29, 1.82) is 0 Å². The summed E-state index contributed by atoms with van der Waals surface area (Å²) >= 11 is 1.20. The minimum atomic E-state index is -0.564. The van der Waals surface area contributed by atoms with Crippen LogP contribution in [0.25, 0.3) is 11.3 Å². The molecule has 0 fully saturated rings. The molecule has 0 spiro atoms. The molecule has 0 radical (unpaired) electrons. The van der Waals surface area contributed by atoms with Gasteiger partial charge in [-0.1, -0.05) is 0 Å². The van der Waals surface area contributed by atoms with Crippen LogP contribution in [0.15, 0.2) is 47.8 Å². The lowest BCUT2D eigenvalue weighted by molar-refractivity contribution is -0.384. The molecule has 2 aromatic carbocycles. The van der Waals surface area contributed by atoms with Crippen LogP contribution in [0, 0.1) is 15.9 Å². The second-order valence-electron chi connectivity index (χ2n) is 5.91. The molecule has 2 N–H and O–H groups in total. The van der Waals surface area contributed by atoms with Gasteiger partial charge in [0.25, 0.3) is 11.6 Å². The first-order valence-corrected chi connectivity index (χ1v) is 9.40. The van der Waals surface area contributed by atoms with Gasteiger partial charge in [-0.05, 0) is 30.3 Å². The predicted octanol–water partition coefficient (Wildman–Crippen LogP) is 4.17. The highest BCUT2D eigenvalue weighted by atomic mass is 32.1. The number of rotatable bonds is 8. The Morgan fingerprint density at radius 2 is 2.03 bits per heavy atom.